The van der Waals surface area contributed by atoms with Crippen molar-refractivity contribution < 1.29 is 9.47 Å². The minimum Gasteiger partial charge on any atom is -0.497 e. The van der Waals surface area contributed by atoms with Gasteiger partial charge in [0.1, 0.15) is 30.0 Å². The molecule has 3 aliphatic heterocycles. The van der Waals surface area contributed by atoms with Crippen LogP contribution in [0.3, 0.4) is 0 Å². The first-order valence-electron chi connectivity index (χ1n) is 36.9. The average molecular weight is 1420 g/mol. The summed E-state index contributed by atoms with van der Waals surface area (Å²) in [4.78, 5) is 23.0. The number of anilines is 3. The van der Waals surface area contributed by atoms with Gasteiger partial charge < -0.3 is 24.2 Å². The number of aryl methyl sites for hydroxylation is 3. The summed E-state index contributed by atoms with van der Waals surface area (Å²) in [7, 11) is 3.38. The Morgan fingerprint density at radius 3 is 0.879 bits per heavy atom. The summed E-state index contributed by atoms with van der Waals surface area (Å²) in [6, 6.07) is 118. The van der Waals surface area contributed by atoms with Crippen molar-refractivity contribution in [1.29, 1.82) is 0 Å². The Bertz CT molecular complexity index is 5140. The molecule has 0 saturated heterocycles. The SMILES string of the molecule is C.CCc1ccc(-c2ccc(C3=NC(c4ccccc4)N(c4ccc(-c5ccc(OC)cc5)cc4)C3C)cc2)cc1.CCc1ccc(-c2ccc(C3=NC(c4ccccc4)N(c4ccccc4)C3C)cc2)cc1.COc1ccc(-c2ccc(N3C(C)C(c4ccc(C)cc4Cl)=NC3c3ccccc3)cc2)cc1. The first-order chi connectivity index (χ1) is 51.9. The summed E-state index contributed by atoms with van der Waals surface area (Å²) >= 11 is 6.66. The Labute approximate surface area is 638 Å². The molecule has 6 atom stereocenters. The molecule has 0 aliphatic carbocycles. The molecule has 13 aromatic rings. The third kappa shape index (κ3) is 16.4. The molecule has 0 aromatic heterocycles. The highest BCUT2D eigenvalue weighted by atomic mass is 35.5. The van der Waals surface area contributed by atoms with E-state index >= 15 is 0 Å². The number of benzene rings is 13. The van der Waals surface area contributed by atoms with Crippen LogP contribution < -0.4 is 24.2 Å². The van der Waals surface area contributed by atoms with Crippen molar-refractivity contribution in [2.75, 3.05) is 28.9 Å². The third-order valence-electron chi connectivity index (χ3n) is 20.7. The van der Waals surface area contributed by atoms with Gasteiger partial charge in [0, 0.05) is 27.6 Å². The van der Waals surface area contributed by atoms with Gasteiger partial charge in [-0.25, -0.2) is 0 Å². The lowest BCUT2D eigenvalue weighted by atomic mass is 9.98. The molecule has 16 rings (SSSR count). The van der Waals surface area contributed by atoms with Crippen LogP contribution in [0.2, 0.25) is 5.02 Å². The molecule has 8 nitrogen and oxygen atoms in total. The van der Waals surface area contributed by atoms with E-state index in [1.807, 2.05) is 36.4 Å². The van der Waals surface area contributed by atoms with Gasteiger partial charge in [-0.3, -0.25) is 15.0 Å². The molecule has 0 saturated carbocycles. The van der Waals surface area contributed by atoms with Crippen molar-refractivity contribution in [3.63, 3.8) is 0 Å². The highest BCUT2D eigenvalue weighted by Crippen LogP contribution is 2.43. The number of para-hydroxylation sites is 1. The predicted molar refractivity (Wildman–Crippen MR) is 452 cm³/mol. The molecule has 534 valence electrons. The molecular formula is C98H93ClN6O2. The first kappa shape index (κ1) is 73.5. The van der Waals surface area contributed by atoms with Gasteiger partial charge in [0.25, 0.3) is 0 Å². The second-order valence-electron chi connectivity index (χ2n) is 27.3. The van der Waals surface area contributed by atoms with Gasteiger partial charge >= 0.3 is 0 Å². The molecule has 0 fully saturated rings. The van der Waals surface area contributed by atoms with Crippen LogP contribution in [0.1, 0.15) is 111 Å². The van der Waals surface area contributed by atoms with E-state index in [-0.39, 0.29) is 44.0 Å². The van der Waals surface area contributed by atoms with Gasteiger partial charge in [0.2, 0.25) is 0 Å². The molecule has 3 heterocycles. The van der Waals surface area contributed by atoms with Crippen molar-refractivity contribution in [1.82, 2.24) is 0 Å². The molecule has 3 aliphatic rings. The fourth-order valence-corrected chi connectivity index (χ4v) is 15.0. The quantitative estimate of drug-likeness (QED) is 0.0909. The van der Waals surface area contributed by atoms with Crippen molar-refractivity contribution in [3.8, 4) is 56.0 Å². The van der Waals surface area contributed by atoms with E-state index in [0.717, 1.165) is 85.7 Å². The number of rotatable bonds is 17. The number of hydrogen-bond acceptors (Lipinski definition) is 8. The monoisotopic (exact) mass is 1420 g/mol. The van der Waals surface area contributed by atoms with Crippen LogP contribution >= 0.6 is 11.6 Å². The lowest BCUT2D eigenvalue weighted by Gasteiger charge is -2.30. The molecule has 0 N–H and O–H groups in total. The van der Waals surface area contributed by atoms with Crippen LogP contribution in [0.4, 0.5) is 17.1 Å². The van der Waals surface area contributed by atoms with E-state index in [1.54, 1.807) is 14.2 Å². The Morgan fingerprint density at radius 1 is 0.308 bits per heavy atom. The molecule has 9 heteroatoms. The summed E-state index contributed by atoms with van der Waals surface area (Å²) in [6.07, 6.45) is 1.90. The highest BCUT2D eigenvalue weighted by Gasteiger charge is 2.38. The van der Waals surface area contributed by atoms with Gasteiger partial charge in [-0.05, 0) is 196 Å². The summed E-state index contributed by atoms with van der Waals surface area (Å²) in [5.74, 6) is 1.72. The normalized spacial score (nSPS) is 17.1. The van der Waals surface area contributed by atoms with Crippen molar-refractivity contribution >= 4 is 45.8 Å². The third-order valence-corrected chi connectivity index (χ3v) is 21.0. The highest BCUT2D eigenvalue weighted by molar-refractivity contribution is 6.35. The van der Waals surface area contributed by atoms with Crippen molar-refractivity contribution in [2.24, 2.45) is 15.0 Å². The van der Waals surface area contributed by atoms with E-state index in [0.29, 0.717) is 0 Å². The zero-order valence-corrected chi connectivity index (χ0v) is 62.3. The van der Waals surface area contributed by atoms with Crippen LogP contribution in [0.25, 0.3) is 44.5 Å². The second kappa shape index (κ2) is 33.9. The van der Waals surface area contributed by atoms with Crippen LogP contribution in [0.5, 0.6) is 11.5 Å². The number of hydrogen-bond donors (Lipinski definition) is 0. The fraction of sp³-hybridized carbons (Fsp3) is 0.173. The molecule has 6 unspecified atom stereocenters. The topological polar surface area (TPSA) is 65.3 Å². The molecule has 0 amide bonds. The second-order valence-corrected chi connectivity index (χ2v) is 27.7. The summed E-state index contributed by atoms with van der Waals surface area (Å²) < 4.78 is 10.6. The van der Waals surface area contributed by atoms with Gasteiger partial charge in [0.05, 0.1) is 49.5 Å². The van der Waals surface area contributed by atoms with Crippen LogP contribution in [0.15, 0.2) is 349 Å². The van der Waals surface area contributed by atoms with E-state index in [2.05, 4.69) is 353 Å². The number of methoxy groups -OCH3 is 2. The number of ether oxygens (including phenoxy) is 2. The summed E-state index contributed by atoms with van der Waals surface area (Å²) in [6.45, 7) is 13.2. The minimum absolute atomic E-state index is 0. The minimum atomic E-state index is -0.115. The molecule has 0 bridgehead atoms. The average Bonchev–Trinajstić information content (AvgIpc) is 1.64. The standard InChI is InChI=1S/C37H34N2O.C30H27ClN2O.C30H28N2.CH4/c1-4-27-10-12-28(13-11-27)29-14-16-32(17-15-29)36-26(2)39(37(38-36)33-8-6-5-7-9-33)34-22-18-30(19-23-34)31-20-24-35(40-3)25-21-31;1-20-9-18-27(28(31)19-20)29-21(2)33(30(32-29)24-7-5-4-6-8-24)25-14-10-22(11-15-25)23-12-16-26(34-3)17-13-23;1-3-23-14-16-24(17-15-23)25-18-20-26(21-19-25)29-22(2)32(28-12-8-5-9-13-28)30(31-29)27-10-6-4-7-11-27;/h5-26,37H,4H2,1-3H3;4-19,21,30H,1-3H3;4-22,30H,3H2,1-2H3;1H4. The van der Waals surface area contributed by atoms with Crippen LogP contribution in [0, 0.1) is 6.92 Å². The van der Waals surface area contributed by atoms with E-state index < -0.39 is 0 Å². The van der Waals surface area contributed by atoms with E-state index in [1.165, 1.54) is 72.4 Å². The molecule has 107 heavy (non-hydrogen) atoms. The first-order valence-corrected chi connectivity index (χ1v) is 37.2. The van der Waals surface area contributed by atoms with Gasteiger partial charge in [-0.1, -0.05) is 300 Å². The molecule has 0 radical (unpaired) electrons. The fourth-order valence-electron chi connectivity index (χ4n) is 14.7. The van der Waals surface area contributed by atoms with E-state index in [4.69, 9.17) is 36.1 Å². The largest absolute Gasteiger partial charge is 0.497 e. The number of halogens is 1. The summed E-state index contributed by atoms with van der Waals surface area (Å²) in [5.41, 5.74) is 27.2. The maximum atomic E-state index is 6.66. The lowest BCUT2D eigenvalue weighted by molar-refractivity contribution is 0.415. The molecular weight excluding hydrogens is 1330 g/mol. The van der Waals surface area contributed by atoms with E-state index in [9.17, 15) is 0 Å². The predicted octanol–water partition coefficient (Wildman–Crippen LogP) is 24.7. The molecule has 0 spiro atoms. The Balaban J connectivity index is 0.000000142. The van der Waals surface area contributed by atoms with Crippen molar-refractivity contribution in [2.45, 2.75) is 98.4 Å². The van der Waals surface area contributed by atoms with Crippen LogP contribution in [-0.2, 0) is 12.8 Å². The smallest absolute Gasteiger partial charge is 0.148 e. The van der Waals surface area contributed by atoms with Crippen molar-refractivity contribution in [3.05, 3.63) is 389 Å². The van der Waals surface area contributed by atoms with Gasteiger partial charge in [0.15, 0.2) is 0 Å². The maximum Gasteiger partial charge on any atom is 0.148 e. The Morgan fingerprint density at radius 2 is 0.570 bits per heavy atom. The zero-order valence-electron chi connectivity index (χ0n) is 61.5. The Kier molecular flexibility index (Phi) is 23.3. The zero-order chi connectivity index (χ0) is 73.0. The van der Waals surface area contributed by atoms with Gasteiger partial charge in [-0.2, -0.15) is 0 Å². The number of aliphatic imine (C=N–C) groups is 3. The Hall–Kier alpha value is -11.8. The lowest BCUT2D eigenvalue weighted by Crippen LogP contribution is -2.35. The summed E-state index contributed by atoms with van der Waals surface area (Å²) in [5, 5.41) is 0.745. The maximum absolute atomic E-state index is 6.66. The number of nitrogens with zero attached hydrogens (tertiary/aromatic N) is 6. The molecule has 13 aromatic carbocycles. The van der Waals surface area contributed by atoms with Gasteiger partial charge in [-0.15, -0.1) is 0 Å². The van der Waals surface area contributed by atoms with Crippen LogP contribution in [-0.4, -0.2) is 49.5 Å².